The second kappa shape index (κ2) is 11.4. The van der Waals surface area contributed by atoms with Gasteiger partial charge in [-0.15, -0.1) is 11.6 Å². The fourth-order valence-electron chi connectivity index (χ4n) is 2.07. The van der Waals surface area contributed by atoms with Crippen molar-refractivity contribution >= 4 is 17.5 Å². The molecule has 0 aliphatic carbocycles. The molecule has 0 aliphatic heterocycles. The Kier molecular flexibility index (Phi) is 9.71. The third-order valence-corrected chi connectivity index (χ3v) is 3.46. The fraction of sp³-hybridized carbons (Fsp3) is 0.588. The molecule has 4 heteroatoms. The Labute approximate surface area is 133 Å². The predicted molar refractivity (Wildman–Crippen MR) is 88.1 cm³/mol. The molecular weight excluding hydrogens is 286 g/mol. The molecule has 0 unspecified atom stereocenters. The van der Waals surface area contributed by atoms with Crippen molar-refractivity contribution in [2.45, 2.75) is 45.4 Å². The minimum atomic E-state index is 0.00275. The lowest BCUT2D eigenvalue weighted by molar-refractivity contribution is -0.120. The van der Waals surface area contributed by atoms with Crippen molar-refractivity contribution in [2.24, 2.45) is 0 Å². The first-order chi connectivity index (χ1) is 10.3. The Morgan fingerprint density at radius 3 is 2.81 bits per heavy atom. The first kappa shape index (κ1) is 17.8. The van der Waals surface area contributed by atoms with Crippen molar-refractivity contribution in [1.29, 1.82) is 0 Å². The summed E-state index contributed by atoms with van der Waals surface area (Å²) in [6.45, 7) is 3.58. The lowest BCUT2D eigenvalue weighted by atomic mass is 10.1. The maximum atomic E-state index is 11.4. The van der Waals surface area contributed by atoms with Crippen LogP contribution >= 0.6 is 11.6 Å². The van der Waals surface area contributed by atoms with Crippen molar-refractivity contribution in [3.8, 4) is 5.75 Å². The molecule has 0 heterocycles. The van der Waals surface area contributed by atoms with E-state index in [0.717, 1.165) is 30.8 Å². The molecule has 1 aromatic carbocycles. The van der Waals surface area contributed by atoms with Crippen LogP contribution in [-0.2, 0) is 11.2 Å². The maximum absolute atomic E-state index is 11.4. The van der Waals surface area contributed by atoms with E-state index >= 15 is 0 Å². The number of unbranched alkanes of at least 4 members (excludes halogenated alkanes) is 3. The van der Waals surface area contributed by atoms with Crippen molar-refractivity contribution in [3.05, 3.63) is 29.8 Å². The van der Waals surface area contributed by atoms with Crippen LogP contribution in [-0.4, -0.2) is 24.9 Å². The normalized spacial score (nSPS) is 10.4. The Bertz CT molecular complexity index is 410. The van der Waals surface area contributed by atoms with Gasteiger partial charge in [0, 0.05) is 18.8 Å². The van der Waals surface area contributed by atoms with Crippen LogP contribution in [0.1, 0.15) is 44.6 Å². The van der Waals surface area contributed by atoms with Gasteiger partial charge in [0.05, 0.1) is 6.61 Å². The maximum Gasteiger partial charge on any atom is 0.221 e. The number of carbonyl (C=O) groups excluding carboxylic acids is 1. The Morgan fingerprint density at radius 1 is 1.24 bits per heavy atom. The van der Waals surface area contributed by atoms with Gasteiger partial charge in [0.15, 0.2) is 0 Å². The van der Waals surface area contributed by atoms with Gasteiger partial charge in [-0.3, -0.25) is 4.79 Å². The lowest BCUT2D eigenvalue weighted by Crippen LogP contribution is -2.25. The molecule has 118 valence electrons. The summed E-state index contributed by atoms with van der Waals surface area (Å²) in [7, 11) is 0. The van der Waals surface area contributed by atoms with Crippen molar-refractivity contribution < 1.29 is 9.53 Å². The molecule has 1 amide bonds. The van der Waals surface area contributed by atoms with Crippen LogP contribution < -0.4 is 10.1 Å². The van der Waals surface area contributed by atoms with Gasteiger partial charge in [0.1, 0.15) is 5.75 Å². The zero-order valence-corrected chi connectivity index (χ0v) is 13.6. The summed E-state index contributed by atoms with van der Waals surface area (Å²) in [6, 6.07) is 8.03. The standard InChI is InChI=1S/C17H26ClNO2/c1-2-3-4-7-14-21-16-9-6-5-8-15(16)11-13-19-17(20)10-12-18/h5-6,8-9H,2-4,7,10-14H2,1H3,(H,19,20). The average Bonchev–Trinajstić information content (AvgIpc) is 2.49. The highest BCUT2D eigenvalue weighted by atomic mass is 35.5. The second-order valence-electron chi connectivity index (χ2n) is 5.06. The number of halogens is 1. The number of nitrogens with one attached hydrogen (secondary N) is 1. The monoisotopic (exact) mass is 311 g/mol. The lowest BCUT2D eigenvalue weighted by Gasteiger charge is -2.12. The highest BCUT2D eigenvalue weighted by Gasteiger charge is 2.04. The van der Waals surface area contributed by atoms with Gasteiger partial charge in [0.2, 0.25) is 5.91 Å². The van der Waals surface area contributed by atoms with Crippen LogP contribution in [0.5, 0.6) is 5.75 Å². The van der Waals surface area contributed by atoms with Gasteiger partial charge in [-0.1, -0.05) is 44.4 Å². The number of benzene rings is 1. The third kappa shape index (κ3) is 7.96. The molecule has 0 saturated carbocycles. The van der Waals surface area contributed by atoms with Crippen LogP contribution in [0.25, 0.3) is 0 Å². The predicted octanol–water partition coefficient (Wildman–Crippen LogP) is 3.93. The van der Waals surface area contributed by atoms with Crippen LogP contribution in [0, 0.1) is 0 Å². The van der Waals surface area contributed by atoms with Gasteiger partial charge in [0.25, 0.3) is 0 Å². The zero-order valence-electron chi connectivity index (χ0n) is 12.9. The quantitative estimate of drug-likeness (QED) is 0.496. The molecule has 0 aromatic heterocycles. The first-order valence-electron chi connectivity index (χ1n) is 7.81. The number of ether oxygens (including phenoxy) is 1. The number of alkyl halides is 1. The molecule has 3 nitrogen and oxygen atoms in total. The molecule has 0 radical (unpaired) electrons. The highest BCUT2D eigenvalue weighted by molar-refractivity contribution is 6.18. The van der Waals surface area contributed by atoms with Gasteiger partial charge in [-0.2, -0.15) is 0 Å². The number of amides is 1. The summed E-state index contributed by atoms with van der Waals surface area (Å²) in [4.78, 5) is 11.4. The molecular formula is C17H26ClNO2. The van der Waals surface area contributed by atoms with Crippen LogP contribution in [0.4, 0.5) is 0 Å². The van der Waals surface area contributed by atoms with Gasteiger partial charge in [-0.05, 0) is 24.5 Å². The molecule has 21 heavy (non-hydrogen) atoms. The summed E-state index contributed by atoms with van der Waals surface area (Å²) >= 11 is 5.53. The second-order valence-corrected chi connectivity index (χ2v) is 5.43. The molecule has 0 bridgehead atoms. The molecule has 0 saturated heterocycles. The SMILES string of the molecule is CCCCCCOc1ccccc1CCNC(=O)CCCl. The number of para-hydroxylation sites is 1. The van der Waals surface area contributed by atoms with Gasteiger partial charge < -0.3 is 10.1 Å². The number of hydrogen-bond acceptors (Lipinski definition) is 2. The Hall–Kier alpha value is -1.22. The van der Waals surface area contributed by atoms with Gasteiger partial charge >= 0.3 is 0 Å². The van der Waals surface area contributed by atoms with Crippen molar-refractivity contribution in [1.82, 2.24) is 5.32 Å². The van der Waals surface area contributed by atoms with E-state index < -0.39 is 0 Å². The summed E-state index contributed by atoms with van der Waals surface area (Å²) in [5, 5.41) is 2.86. The van der Waals surface area contributed by atoms with Gasteiger partial charge in [-0.25, -0.2) is 0 Å². The smallest absolute Gasteiger partial charge is 0.221 e. The van der Waals surface area contributed by atoms with Crippen LogP contribution in [0.15, 0.2) is 24.3 Å². The van der Waals surface area contributed by atoms with E-state index in [0.29, 0.717) is 18.8 Å². The summed E-state index contributed by atoms with van der Waals surface area (Å²) in [5.41, 5.74) is 1.14. The summed E-state index contributed by atoms with van der Waals surface area (Å²) in [6.07, 6.45) is 5.95. The number of carbonyl (C=O) groups is 1. The Morgan fingerprint density at radius 2 is 2.05 bits per heavy atom. The first-order valence-corrected chi connectivity index (χ1v) is 8.34. The molecule has 1 rings (SSSR count). The molecule has 1 N–H and O–H groups in total. The highest BCUT2D eigenvalue weighted by Crippen LogP contribution is 2.18. The molecule has 0 aliphatic rings. The van der Waals surface area contributed by atoms with E-state index in [1.165, 1.54) is 19.3 Å². The Balaban J connectivity index is 2.34. The van der Waals surface area contributed by atoms with E-state index in [9.17, 15) is 4.79 Å². The largest absolute Gasteiger partial charge is 0.493 e. The number of rotatable bonds is 11. The molecule has 0 fully saturated rings. The van der Waals surface area contributed by atoms with E-state index in [4.69, 9.17) is 16.3 Å². The molecule has 1 aromatic rings. The summed E-state index contributed by atoms with van der Waals surface area (Å²) < 4.78 is 5.85. The van der Waals surface area contributed by atoms with E-state index in [1.54, 1.807) is 0 Å². The average molecular weight is 312 g/mol. The van der Waals surface area contributed by atoms with E-state index in [-0.39, 0.29) is 5.91 Å². The van der Waals surface area contributed by atoms with E-state index in [2.05, 4.69) is 18.3 Å². The van der Waals surface area contributed by atoms with E-state index in [1.807, 2.05) is 18.2 Å². The third-order valence-electron chi connectivity index (χ3n) is 3.27. The molecule has 0 atom stereocenters. The minimum absolute atomic E-state index is 0.00275. The topological polar surface area (TPSA) is 38.3 Å². The molecule has 0 spiro atoms. The fourth-order valence-corrected chi connectivity index (χ4v) is 2.24. The summed E-state index contributed by atoms with van der Waals surface area (Å²) in [5.74, 6) is 1.30. The number of hydrogen-bond donors (Lipinski definition) is 1. The zero-order chi connectivity index (χ0) is 15.3. The van der Waals surface area contributed by atoms with Crippen LogP contribution in [0.3, 0.4) is 0 Å². The van der Waals surface area contributed by atoms with Crippen molar-refractivity contribution in [2.75, 3.05) is 19.0 Å². The minimum Gasteiger partial charge on any atom is -0.493 e. The van der Waals surface area contributed by atoms with Crippen LogP contribution in [0.2, 0.25) is 0 Å². The van der Waals surface area contributed by atoms with Crippen molar-refractivity contribution in [3.63, 3.8) is 0 Å².